The summed E-state index contributed by atoms with van der Waals surface area (Å²) >= 11 is 0. The number of amides is 1. The molecule has 0 aliphatic heterocycles. The summed E-state index contributed by atoms with van der Waals surface area (Å²) < 4.78 is 1.85. The lowest BCUT2D eigenvalue weighted by Crippen LogP contribution is -2.43. The third-order valence-electron chi connectivity index (χ3n) is 5.00. The minimum atomic E-state index is 0.00334. The summed E-state index contributed by atoms with van der Waals surface area (Å²) in [5.74, 6) is 1.25. The molecular weight excluding hydrogens is 262 g/mol. The lowest BCUT2D eigenvalue weighted by atomic mass is 9.78. The van der Waals surface area contributed by atoms with Crippen LogP contribution < -0.4 is 5.32 Å². The maximum absolute atomic E-state index is 12.1. The molecule has 0 saturated heterocycles. The number of nitrogens with one attached hydrogen (secondary N) is 1. The first-order valence-electron chi connectivity index (χ1n) is 7.89. The molecule has 1 aliphatic carbocycles. The van der Waals surface area contributed by atoms with Gasteiger partial charge in [0, 0.05) is 30.4 Å². The number of carbonyl (C=O) groups excluding carboxylic acids is 1. The van der Waals surface area contributed by atoms with Crippen LogP contribution in [0.25, 0.3) is 6.08 Å². The zero-order valence-electron chi connectivity index (χ0n) is 13.8. The van der Waals surface area contributed by atoms with Crippen LogP contribution in [0.4, 0.5) is 0 Å². The van der Waals surface area contributed by atoms with Gasteiger partial charge in [-0.05, 0) is 38.2 Å². The van der Waals surface area contributed by atoms with Crippen LogP contribution in [0.3, 0.4) is 0 Å². The third kappa shape index (κ3) is 3.55. The highest BCUT2D eigenvalue weighted by atomic mass is 16.1. The Morgan fingerprint density at radius 3 is 2.67 bits per heavy atom. The summed E-state index contributed by atoms with van der Waals surface area (Å²) in [4.78, 5) is 12.1. The van der Waals surface area contributed by atoms with Gasteiger partial charge in [0.2, 0.25) is 5.91 Å². The summed E-state index contributed by atoms with van der Waals surface area (Å²) in [5.41, 5.74) is 3.08. The van der Waals surface area contributed by atoms with Crippen LogP contribution in [0.2, 0.25) is 0 Å². The van der Waals surface area contributed by atoms with E-state index in [4.69, 9.17) is 0 Å². The van der Waals surface area contributed by atoms with Crippen molar-refractivity contribution in [1.82, 2.24) is 15.1 Å². The van der Waals surface area contributed by atoms with Crippen LogP contribution in [0.1, 0.15) is 50.1 Å². The van der Waals surface area contributed by atoms with Gasteiger partial charge in [0.25, 0.3) is 0 Å². The van der Waals surface area contributed by atoms with Crippen molar-refractivity contribution in [3.63, 3.8) is 0 Å². The minimum Gasteiger partial charge on any atom is -0.350 e. The molecule has 0 aromatic carbocycles. The first-order chi connectivity index (χ1) is 9.90. The van der Waals surface area contributed by atoms with Crippen molar-refractivity contribution in [2.75, 3.05) is 0 Å². The van der Waals surface area contributed by atoms with Crippen LogP contribution in [-0.4, -0.2) is 21.7 Å². The predicted molar refractivity (Wildman–Crippen MR) is 85.8 cm³/mol. The summed E-state index contributed by atoms with van der Waals surface area (Å²) in [6.07, 6.45) is 7.10. The Morgan fingerprint density at radius 1 is 1.33 bits per heavy atom. The molecule has 1 aromatic heterocycles. The Bertz CT molecular complexity index is 544. The molecule has 1 heterocycles. The van der Waals surface area contributed by atoms with Crippen molar-refractivity contribution in [1.29, 1.82) is 0 Å². The van der Waals surface area contributed by atoms with Gasteiger partial charge in [-0.1, -0.05) is 26.7 Å². The smallest absolute Gasteiger partial charge is 0.244 e. The summed E-state index contributed by atoms with van der Waals surface area (Å²) in [7, 11) is 1.92. The Hall–Kier alpha value is -1.58. The molecule has 1 saturated carbocycles. The lowest BCUT2D eigenvalue weighted by Gasteiger charge is -2.34. The van der Waals surface area contributed by atoms with Gasteiger partial charge in [0.1, 0.15) is 0 Å². The molecule has 0 bridgehead atoms. The van der Waals surface area contributed by atoms with Crippen LogP contribution in [-0.2, 0) is 11.8 Å². The molecule has 116 valence electrons. The highest BCUT2D eigenvalue weighted by Crippen LogP contribution is 2.29. The van der Waals surface area contributed by atoms with Crippen LogP contribution >= 0.6 is 0 Å². The highest BCUT2D eigenvalue weighted by Gasteiger charge is 2.27. The van der Waals surface area contributed by atoms with Crippen molar-refractivity contribution in [3.8, 4) is 0 Å². The Morgan fingerprint density at radius 2 is 2.05 bits per heavy atom. The number of aromatic nitrogens is 2. The fraction of sp³-hybridized carbons (Fsp3) is 0.647. The molecule has 4 nitrogen and oxygen atoms in total. The number of hydrogen-bond donors (Lipinski definition) is 1. The average molecular weight is 289 g/mol. The molecule has 1 amide bonds. The third-order valence-corrected chi connectivity index (χ3v) is 5.00. The van der Waals surface area contributed by atoms with Gasteiger partial charge in [-0.3, -0.25) is 9.48 Å². The van der Waals surface area contributed by atoms with E-state index in [1.165, 1.54) is 12.8 Å². The van der Waals surface area contributed by atoms with E-state index in [1.54, 1.807) is 6.08 Å². The SMILES string of the molecule is Cc1nn(C)c(C)c1C=CC(=O)NC1CCCC(C)C1C. The first kappa shape index (κ1) is 15.8. The van der Waals surface area contributed by atoms with Gasteiger partial charge >= 0.3 is 0 Å². The monoisotopic (exact) mass is 289 g/mol. The highest BCUT2D eigenvalue weighted by molar-refractivity contribution is 5.92. The molecule has 21 heavy (non-hydrogen) atoms. The van der Waals surface area contributed by atoms with Gasteiger partial charge in [-0.15, -0.1) is 0 Å². The van der Waals surface area contributed by atoms with E-state index in [0.717, 1.165) is 23.4 Å². The molecular formula is C17H27N3O. The zero-order valence-corrected chi connectivity index (χ0v) is 13.8. The molecule has 3 atom stereocenters. The maximum Gasteiger partial charge on any atom is 0.244 e. The molecule has 1 fully saturated rings. The van der Waals surface area contributed by atoms with Crippen LogP contribution in [0, 0.1) is 25.7 Å². The molecule has 3 unspecified atom stereocenters. The van der Waals surface area contributed by atoms with E-state index in [0.29, 0.717) is 17.9 Å². The van der Waals surface area contributed by atoms with Gasteiger partial charge < -0.3 is 5.32 Å². The average Bonchev–Trinajstić information content (AvgIpc) is 2.67. The zero-order chi connectivity index (χ0) is 15.6. The molecule has 2 rings (SSSR count). The van der Waals surface area contributed by atoms with E-state index < -0.39 is 0 Å². The number of rotatable bonds is 3. The standard InChI is InChI=1S/C17H27N3O/c1-11-7-6-8-16(12(11)2)18-17(21)10-9-15-13(3)19-20(5)14(15)4/h9-12,16H,6-8H2,1-5H3,(H,18,21). The number of aryl methyl sites for hydroxylation is 2. The second kappa shape index (κ2) is 6.46. The van der Waals surface area contributed by atoms with Crippen molar-refractivity contribution >= 4 is 12.0 Å². The van der Waals surface area contributed by atoms with E-state index >= 15 is 0 Å². The van der Waals surface area contributed by atoms with E-state index in [2.05, 4.69) is 24.3 Å². The molecule has 1 N–H and O–H groups in total. The van der Waals surface area contributed by atoms with Gasteiger partial charge in [0.15, 0.2) is 0 Å². The Kier molecular flexibility index (Phi) is 4.86. The Balaban J connectivity index is 1.99. The molecule has 1 aromatic rings. The topological polar surface area (TPSA) is 46.9 Å². The van der Waals surface area contributed by atoms with E-state index in [9.17, 15) is 4.79 Å². The molecule has 0 radical (unpaired) electrons. The van der Waals surface area contributed by atoms with Gasteiger partial charge in [-0.25, -0.2) is 0 Å². The molecule has 0 spiro atoms. The number of nitrogens with zero attached hydrogens (tertiary/aromatic N) is 2. The van der Waals surface area contributed by atoms with Crippen LogP contribution in [0.15, 0.2) is 6.08 Å². The van der Waals surface area contributed by atoms with Crippen molar-refractivity contribution in [2.45, 2.75) is 53.0 Å². The summed E-state index contributed by atoms with van der Waals surface area (Å²) in [6.45, 7) is 8.51. The molecule has 4 heteroatoms. The van der Waals surface area contributed by atoms with Gasteiger partial charge in [0.05, 0.1) is 5.69 Å². The van der Waals surface area contributed by atoms with E-state index in [1.807, 2.05) is 31.7 Å². The fourth-order valence-electron chi connectivity index (χ4n) is 3.21. The van der Waals surface area contributed by atoms with E-state index in [-0.39, 0.29) is 5.91 Å². The number of hydrogen-bond acceptors (Lipinski definition) is 2. The van der Waals surface area contributed by atoms with Crippen LogP contribution in [0.5, 0.6) is 0 Å². The minimum absolute atomic E-state index is 0.00334. The summed E-state index contributed by atoms with van der Waals surface area (Å²) in [6, 6.07) is 0.307. The van der Waals surface area contributed by atoms with Gasteiger partial charge in [-0.2, -0.15) is 5.10 Å². The van der Waals surface area contributed by atoms with Crippen molar-refractivity contribution in [3.05, 3.63) is 23.0 Å². The first-order valence-corrected chi connectivity index (χ1v) is 7.89. The Labute approximate surface area is 127 Å². The fourth-order valence-corrected chi connectivity index (χ4v) is 3.21. The normalized spacial score (nSPS) is 26.2. The van der Waals surface area contributed by atoms with Crippen molar-refractivity contribution < 1.29 is 4.79 Å². The lowest BCUT2D eigenvalue weighted by molar-refractivity contribution is -0.117. The number of carbonyl (C=O) groups is 1. The molecule has 1 aliphatic rings. The van der Waals surface area contributed by atoms with Crippen molar-refractivity contribution in [2.24, 2.45) is 18.9 Å². The maximum atomic E-state index is 12.1. The predicted octanol–water partition coefficient (Wildman–Crippen LogP) is 2.99. The second-order valence-electron chi connectivity index (χ2n) is 6.42. The second-order valence-corrected chi connectivity index (χ2v) is 6.42. The largest absolute Gasteiger partial charge is 0.350 e. The quantitative estimate of drug-likeness (QED) is 0.870. The summed E-state index contributed by atoms with van der Waals surface area (Å²) in [5, 5.41) is 7.52.